The monoisotopic (exact) mass is 533 g/mol. The lowest BCUT2D eigenvalue weighted by atomic mass is 9.93. The summed E-state index contributed by atoms with van der Waals surface area (Å²) in [4.78, 5) is 46.2. The van der Waals surface area contributed by atoms with Crippen molar-refractivity contribution in [2.45, 2.75) is 52.4 Å². The van der Waals surface area contributed by atoms with Gasteiger partial charge in [-0.3, -0.25) is 14.4 Å². The maximum absolute atomic E-state index is 13.7. The highest BCUT2D eigenvalue weighted by Gasteiger charge is 2.48. The van der Waals surface area contributed by atoms with Gasteiger partial charge in [-0.25, -0.2) is 4.98 Å². The van der Waals surface area contributed by atoms with E-state index in [1.165, 1.54) is 6.33 Å². The number of carbonyl (C=O) groups is 3. The van der Waals surface area contributed by atoms with Gasteiger partial charge in [-0.05, 0) is 38.0 Å². The Labute approximate surface area is 228 Å². The van der Waals surface area contributed by atoms with Crippen LogP contribution >= 0.6 is 0 Å². The zero-order valence-electron chi connectivity index (χ0n) is 23.0. The Morgan fingerprint density at radius 1 is 1.05 bits per heavy atom. The number of benzene rings is 2. The predicted octanol–water partition coefficient (Wildman–Crippen LogP) is 3.08. The van der Waals surface area contributed by atoms with E-state index in [1.807, 2.05) is 38.1 Å². The third-order valence-corrected chi connectivity index (χ3v) is 7.02. The van der Waals surface area contributed by atoms with Crippen molar-refractivity contribution in [1.82, 2.24) is 25.1 Å². The van der Waals surface area contributed by atoms with Gasteiger partial charge in [-0.2, -0.15) is 0 Å². The highest BCUT2D eigenvalue weighted by atomic mass is 16.5. The molecule has 39 heavy (non-hydrogen) atoms. The molecule has 0 fully saturated rings. The van der Waals surface area contributed by atoms with Crippen molar-refractivity contribution in [3.63, 3.8) is 0 Å². The number of aromatic nitrogens is 2. The van der Waals surface area contributed by atoms with Gasteiger partial charge in [0.25, 0.3) is 11.8 Å². The van der Waals surface area contributed by atoms with E-state index in [2.05, 4.69) is 15.6 Å². The van der Waals surface area contributed by atoms with E-state index in [4.69, 9.17) is 9.47 Å². The molecule has 2 aromatic carbocycles. The van der Waals surface area contributed by atoms with E-state index in [9.17, 15) is 14.4 Å². The second-order valence-corrected chi connectivity index (χ2v) is 9.83. The molecule has 1 unspecified atom stereocenters. The van der Waals surface area contributed by atoms with Gasteiger partial charge in [0.2, 0.25) is 5.91 Å². The Hall–Kier alpha value is -4.34. The summed E-state index contributed by atoms with van der Waals surface area (Å²) >= 11 is 0. The van der Waals surface area contributed by atoms with E-state index in [1.54, 1.807) is 48.8 Å². The molecule has 1 aromatic heterocycles. The van der Waals surface area contributed by atoms with Crippen LogP contribution < -0.4 is 20.1 Å². The molecule has 206 valence electrons. The summed E-state index contributed by atoms with van der Waals surface area (Å²) in [5.41, 5.74) is 1.91. The first kappa shape index (κ1) is 27.7. The summed E-state index contributed by atoms with van der Waals surface area (Å²) in [6, 6.07) is 13.2. The first-order chi connectivity index (χ1) is 18.7. The number of carbonyl (C=O) groups excluding carboxylic acids is 3. The van der Waals surface area contributed by atoms with Crippen molar-refractivity contribution in [3.8, 4) is 11.5 Å². The number of rotatable bonds is 10. The Balaban J connectivity index is 1.53. The number of amides is 3. The number of nitrogens with one attached hydrogen (secondary N) is 2. The van der Waals surface area contributed by atoms with Crippen molar-refractivity contribution in [2.24, 2.45) is 0 Å². The molecule has 4 rings (SSSR count). The number of hydrogen-bond acceptors (Lipinski definition) is 6. The summed E-state index contributed by atoms with van der Waals surface area (Å²) in [6.07, 6.45) is 2.10. The molecule has 2 heterocycles. The van der Waals surface area contributed by atoms with Crippen molar-refractivity contribution in [3.05, 3.63) is 76.9 Å². The van der Waals surface area contributed by atoms with Crippen molar-refractivity contribution >= 4 is 17.7 Å². The van der Waals surface area contributed by atoms with Crippen molar-refractivity contribution in [2.75, 3.05) is 20.8 Å². The molecule has 3 aromatic rings. The topological polar surface area (TPSA) is 115 Å². The summed E-state index contributed by atoms with van der Waals surface area (Å²) in [6.45, 7) is 6.77. The second-order valence-electron chi connectivity index (χ2n) is 9.83. The average Bonchev–Trinajstić information content (AvgIpc) is 3.37. The van der Waals surface area contributed by atoms with E-state index >= 15 is 0 Å². The van der Waals surface area contributed by atoms with Gasteiger partial charge < -0.3 is 29.6 Å². The molecule has 1 aliphatic heterocycles. The Bertz CT molecular complexity index is 1370. The molecule has 2 N–H and O–H groups in total. The summed E-state index contributed by atoms with van der Waals surface area (Å²) < 4.78 is 12.2. The van der Waals surface area contributed by atoms with Crippen LogP contribution in [-0.4, -0.2) is 58.5 Å². The van der Waals surface area contributed by atoms with E-state index in [0.29, 0.717) is 31.0 Å². The lowest BCUT2D eigenvalue weighted by molar-refractivity contribution is -0.133. The van der Waals surface area contributed by atoms with Crippen LogP contribution in [0.5, 0.6) is 11.5 Å². The third-order valence-electron chi connectivity index (χ3n) is 7.02. The molecule has 0 spiro atoms. The van der Waals surface area contributed by atoms with Crippen LogP contribution in [0.1, 0.15) is 57.9 Å². The van der Waals surface area contributed by atoms with E-state index in [0.717, 1.165) is 16.7 Å². The van der Waals surface area contributed by atoms with Gasteiger partial charge in [-0.15, -0.1) is 0 Å². The molecule has 10 nitrogen and oxygen atoms in total. The van der Waals surface area contributed by atoms with Crippen LogP contribution in [0.3, 0.4) is 0 Å². The highest BCUT2D eigenvalue weighted by Crippen LogP contribution is 2.30. The minimum atomic E-state index is -1.14. The number of aryl methyl sites for hydroxylation is 1. The SMILES string of the molecule is CCCN1C(=O)c2c(C(=O)NCc3ccc(OC)cc3OC)ncn2CC1(C)C(=O)NCc1ccc(C)cc1. The first-order valence-electron chi connectivity index (χ1n) is 12.9. The fraction of sp³-hybridized carbons (Fsp3) is 0.379. The van der Waals surface area contributed by atoms with Gasteiger partial charge >= 0.3 is 0 Å². The van der Waals surface area contributed by atoms with Gasteiger partial charge in [0.05, 0.1) is 27.1 Å². The normalized spacial score (nSPS) is 16.4. The largest absolute Gasteiger partial charge is 0.497 e. The minimum absolute atomic E-state index is 0.0238. The number of imidazole rings is 1. The fourth-order valence-corrected chi connectivity index (χ4v) is 4.76. The zero-order valence-corrected chi connectivity index (χ0v) is 23.0. The molecule has 1 atom stereocenters. The molecular formula is C29H35N5O5. The van der Waals surface area contributed by atoms with E-state index < -0.39 is 17.4 Å². The van der Waals surface area contributed by atoms with Crippen LogP contribution in [-0.2, 0) is 24.4 Å². The second kappa shape index (κ2) is 11.6. The zero-order chi connectivity index (χ0) is 28.2. The summed E-state index contributed by atoms with van der Waals surface area (Å²) in [5, 5.41) is 5.82. The van der Waals surface area contributed by atoms with Gasteiger partial charge in [0.15, 0.2) is 5.69 Å². The van der Waals surface area contributed by atoms with Crippen LogP contribution in [0.15, 0.2) is 48.8 Å². The molecule has 0 bridgehead atoms. The summed E-state index contributed by atoms with van der Waals surface area (Å²) in [5.74, 6) is 0.0539. The van der Waals surface area contributed by atoms with Gasteiger partial charge in [-0.1, -0.05) is 36.8 Å². The third kappa shape index (κ3) is 5.59. The quantitative estimate of drug-likeness (QED) is 0.414. The standard InChI is InChI=1S/C29H35N5O5/c1-6-13-34-27(36)25-24(26(35)30-16-21-11-12-22(38-4)14-23(21)39-5)32-18-33(25)17-29(34,3)28(37)31-15-20-9-7-19(2)8-10-20/h7-12,14,18H,6,13,15-17H2,1-5H3,(H,30,35)(H,31,37). The predicted molar refractivity (Wildman–Crippen MR) is 146 cm³/mol. The summed E-state index contributed by atoms with van der Waals surface area (Å²) in [7, 11) is 3.11. The Kier molecular flexibility index (Phi) is 8.23. The average molecular weight is 534 g/mol. The molecule has 0 radical (unpaired) electrons. The fourth-order valence-electron chi connectivity index (χ4n) is 4.76. The lowest BCUT2D eigenvalue weighted by Crippen LogP contribution is -2.64. The highest BCUT2D eigenvalue weighted by molar-refractivity contribution is 6.07. The lowest BCUT2D eigenvalue weighted by Gasteiger charge is -2.43. The number of fused-ring (bicyclic) bond motifs is 1. The molecule has 0 saturated carbocycles. The van der Waals surface area contributed by atoms with Gasteiger partial charge in [0.1, 0.15) is 22.7 Å². The van der Waals surface area contributed by atoms with Crippen molar-refractivity contribution < 1.29 is 23.9 Å². The smallest absolute Gasteiger partial charge is 0.273 e. The minimum Gasteiger partial charge on any atom is -0.497 e. The van der Waals surface area contributed by atoms with Crippen LogP contribution in [0.4, 0.5) is 0 Å². The van der Waals surface area contributed by atoms with Gasteiger partial charge in [0, 0.05) is 31.3 Å². The molecule has 10 heteroatoms. The molecule has 1 aliphatic rings. The van der Waals surface area contributed by atoms with E-state index in [-0.39, 0.29) is 30.4 Å². The molecular weight excluding hydrogens is 498 g/mol. The van der Waals surface area contributed by atoms with Crippen LogP contribution in [0, 0.1) is 6.92 Å². The Morgan fingerprint density at radius 2 is 1.79 bits per heavy atom. The first-order valence-corrected chi connectivity index (χ1v) is 12.9. The molecule has 3 amide bonds. The molecule has 0 aliphatic carbocycles. The molecule has 0 saturated heterocycles. The van der Waals surface area contributed by atoms with Crippen LogP contribution in [0.2, 0.25) is 0 Å². The maximum Gasteiger partial charge on any atom is 0.273 e. The number of hydrogen-bond donors (Lipinski definition) is 2. The number of methoxy groups -OCH3 is 2. The number of ether oxygens (including phenoxy) is 2. The van der Waals surface area contributed by atoms with Crippen LogP contribution in [0.25, 0.3) is 0 Å². The van der Waals surface area contributed by atoms with Crippen molar-refractivity contribution in [1.29, 1.82) is 0 Å². The maximum atomic E-state index is 13.7. The number of nitrogens with zero attached hydrogens (tertiary/aromatic N) is 3. The Morgan fingerprint density at radius 3 is 2.46 bits per heavy atom.